The molecule has 0 aromatic rings. The van der Waals surface area contributed by atoms with Gasteiger partial charge in [-0.25, -0.2) is 0 Å². The second kappa shape index (κ2) is 4.61. The number of carbonyl (C=O) groups excluding carboxylic acids is 2. The van der Waals surface area contributed by atoms with Gasteiger partial charge in [0.2, 0.25) is 5.91 Å². The highest BCUT2D eigenvalue weighted by molar-refractivity contribution is 7.96. The van der Waals surface area contributed by atoms with Gasteiger partial charge in [0.15, 0.2) is 5.12 Å². The molecule has 0 rings (SSSR count). The molecule has 0 radical (unpaired) electrons. The van der Waals surface area contributed by atoms with Crippen LogP contribution in [0.25, 0.3) is 0 Å². The maximum Gasteiger partial charge on any atom is 0.225 e. The first-order chi connectivity index (χ1) is 3.13. The van der Waals surface area contributed by atoms with Gasteiger partial charge in [-0.15, -0.1) is 12.6 Å². The molecule has 0 heterocycles. The summed E-state index contributed by atoms with van der Waals surface area (Å²) in [6.45, 7) is 0. The molecule has 0 bridgehead atoms. The van der Waals surface area contributed by atoms with Gasteiger partial charge >= 0.3 is 0 Å². The Bertz CT molecular complexity index is 91.5. The molecule has 0 aliphatic carbocycles. The lowest BCUT2D eigenvalue weighted by molar-refractivity contribution is -0.122. The summed E-state index contributed by atoms with van der Waals surface area (Å²) >= 11 is 3.30. The van der Waals surface area contributed by atoms with Crippen LogP contribution >= 0.6 is 12.6 Å². The van der Waals surface area contributed by atoms with Gasteiger partial charge < -0.3 is 11.9 Å². The molecule has 5 N–H and O–H groups in total. The molecule has 0 spiro atoms. The predicted molar refractivity (Wildman–Crippen MR) is 32.8 cm³/mol. The van der Waals surface area contributed by atoms with Crippen LogP contribution in [-0.4, -0.2) is 11.0 Å². The smallest absolute Gasteiger partial charge is 0.225 e. The second-order valence-electron chi connectivity index (χ2n) is 1.04. The van der Waals surface area contributed by atoms with E-state index >= 15 is 0 Å². The molecule has 0 aromatic heterocycles. The molecule has 0 atom stereocenters. The molecule has 8 heavy (non-hydrogen) atoms. The fourth-order valence-corrected chi connectivity index (χ4v) is 0.305. The van der Waals surface area contributed by atoms with Crippen LogP contribution in [0.5, 0.6) is 0 Å². The molecule has 0 aliphatic rings. The van der Waals surface area contributed by atoms with Gasteiger partial charge in [-0.1, -0.05) is 0 Å². The zero-order valence-electron chi connectivity index (χ0n) is 4.26. The van der Waals surface area contributed by atoms with Gasteiger partial charge in [0.1, 0.15) is 0 Å². The Morgan fingerprint density at radius 3 is 1.88 bits per heavy atom. The SMILES string of the molecule is N.NC(=O)CC(=O)S. The molecule has 0 aliphatic heterocycles. The van der Waals surface area contributed by atoms with E-state index in [1.54, 1.807) is 0 Å². The van der Waals surface area contributed by atoms with Crippen molar-refractivity contribution in [2.75, 3.05) is 0 Å². The third kappa shape index (κ3) is 9.07. The number of amides is 1. The number of hydrogen-bond donors (Lipinski definition) is 3. The number of nitrogens with two attached hydrogens (primary N) is 1. The number of hydrogen-bond acceptors (Lipinski definition) is 3. The van der Waals surface area contributed by atoms with Crippen LogP contribution < -0.4 is 11.9 Å². The summed E-state index contributed by atoms with van der Waals surface area (Å²) in [5.74, 6) is -0.639. The normalized spacial score (nSPS) is 7.12. The maximum atomic E-state index is 9.82. The lowest BCUT2D eigenvalue weighted by Gasteiger charge is -1.81. The molecular weight excluding hydrogens is 128 g/mol. The van der Waals surface area contributed by atoms with Crippen molar-refractivity contribution in [2.45, 2.75) is 6.42 Å². The van der Waals surface area contributed by atoms with Crippen LogP contribution in [0.1, 0.15) is 6.42 Å². The van der Waals surface area contributed by atoms with Crippen molar-refractivity contribution in [3.05, 3.63) is 0 Å². The minimum Gasteiger partial charge on any atom is -0.369 e. The fraction of sp³-hybridized carbons (Fsp3) is 0.333. The molecule has 0 saturated heterocycles. The zero-order chi connectivity index (χ0) is 5.86. The van der Waals surface area contributed by atoms with Gasteiger partial charge in [-0.2, -0.15) is 0 Å². The molecule has 1 amide bonds. The molecule has 5 heteroatoms. The first-order valence-electron chi connectivity index (χ1n) is 1.63. The lowest BCUT2D eigenvalue weighted by atomic mass is 10.5. The number of rotatable bonds is 2. The number of thiol groups is 1. The predicted octanol–water partition coefficient (Wildman–Crippen LogP) is -0.520. The van der Waals surface area contributed by atoms with Crippen molar-refractivity contribution in [1.82, 2.24) is 6.15 Å². The third-order valence-corrected chi connectivity index (χ3v) is 0.484. The molecule has 0 fully saturated rings. The van der Waals surface area contributed by atoms with Crippen LogP contribution in [0.3, 0.4) is 0 Å². The van der Waals surface area contributed by atoms with E-state index in [4.69, 9.17) is 0 Å². The summed E-state index contributed by atoms with van der Waals surface area (Å²) in [6.07, 6.45) is -0.275. The molecule has 48 valence electrons. The largest absolute Gasteiger partial charge is 0.369 e. The first kappa shape index (κ1) is 10.4. The Labute approximate surface area is 52.4 Å². The van der Waals surface area contributed by atoms with E-state index < -0.39 is 11.0 Å². The number of primary amides is 1. The van der Waals surface area contributed by atoms with Crippen LogP contribution in [-0.2, 0) is 9.59 Å². The summed E-state index contributed by atoms with van der Waals surface area (Å²) in [4.78, 5) is 19.6. The summed E-state index contributed by atoms with van der Waals surface area (Å²) < 4.78 is 0. The van der Waals surface area contributed by atoms with Crippen molar-refractivity contribution in [3.63, 3.8) is 0 Å². The fourth-order valence-electron chi connectivity index (χ4n) is 0.149. The van der Waals surface area contributed by atoms with Crippen molar-refractivity contribution < 1.29 is 9.59 Å². The summed E-state index contributed by atoms with van der Waals surface area (Å²) in [6, 6.07) is 0. The highest BCUT2D eigenvalue weighted by atomic mass is 32.1. The van der Waals surface area contributed by atoms with E-state index in [1.165, 1.54) is 0 Å². The van der Waals surface area contributed by atoms with E-state index in [0.717, 1.165) is 0 Å². The standard InChI is InChI=1S/C3H5NO2S.H3N/c4-2(5)1-3(6)7;/h1H2,(H2,4,5)(H,6,7);1H3. The topological polar surface area (TPSA) is 95.2 Å². The Kier molecular flexibility index (Phi) is 6.01. The van der Waals surface area contributed by atoms with E-state index in [1.807, 2.05) is 0 Å². The summed E-state index contributed by atoms with van der Waals surface area (Å²) in [7, 11) is 0. The lowest BCUT2D eigenvalue weighted by Crippen LogP contribution is -2.12. The Balaban J connectivity index is 0. The van der Waals surface area contributed by atoms with E-state index in [0.29, 0.717) is 0 Å². The van der Waals surface area contributed by atoms with Crippen molar-refractivity contribution in [3.8, 4) is 0 Å². The highest BCUT2D eigenvalue weighted by Crippen LogP contribution is 1.82. The van der Waals surface area contributed by atoms with Gasteiger partial charge in [-0.3, -0.25) is 9.59 Å². The second-order valence-corrected chi connectivity index (χ2v) is 1.54. The van der Waals surface area contributed by atoms with E-state index in [2.05, 4.69) is 18.4 Å². The van der Waals surface area contributed by atoms with Crippen molar-refractivity contribution in [1.29, 1.82) is 0 Å². The average Bonchev–Trinajstić information content (AvgIpc) is 1.27. The van der Waals surface area contributed by atoms with Gasteiger partial charge in [-0.05, 0) is 0 Å². The van der Waals surface area contributed by atoms with E-state index in [9.17, 15) is 9.59 Å². The Morgan fingerprint density at radius 2 is 1.88 bits per heavy atom. The molecular formula is C3H8N2O2S. The average molecular weight is 136 g/mol. The Hall–Kier alpha value is -0.550. The van der Waals surface area contributed by atoms with Gasteiger partial charge in [0, 0.05) is 0 Å². The summed E-state index contributed by atoms with van der Waals surface area (Å²) in [5, 5.41) is -0.493. The molecule has 0 unspecified atom stereocenters. The van der Waals surface area contributed by atoms with Crippen LogP contribution in [0, 0.1) is 0 Å². The highest BCUT2D eigenvalue weighted by Gasteiger charge is 1.96. The zero-order valence-corrected chi connectivity index (χ0v) is 5.15. The van der Waals surface area contributed by atoms with Crippen molar-refractivity contribution in [2.24, 2.45) is 5.73 Å². The van der Waals surface area contributed by atoms with E-state index in [-0.39, 0.29) is 12.6 Å². The minimum atomic E-state index is -0.639. The monoisotopic (exact) mass is 136 g/mol. The maximum absolute atomic E-state index is 9.82. The van der Waals surface area contributed by atoms with Crippen molar-refractivity contribution >= 4 is 23.7 Å². The first-order valence-corrected chi connectivity index (χ1v) is 2.07. The van der Waals surface area contributed by atoms with Gasteiger partial charge in [0.05, 0.1) is 6.42 Å². The van der Waals surface area contributed by atoms with Crippen LogP contribution in [0.2, 0.25) is 0 Å². The Morgan fingerprint density at radius 1 is 1.50 bits per heavy atom. The summed E-state index contributed by atoms with van der Waals surface area (Å²) in [5.41, 5.74) is 4.58. The molecule has 0 saturated carbocycles. The number of carbonyl (C=O) groups is 2. The van der Waals surface area contributed by atoms with Crippen LogP contribution in [0.4, 0.5) is 0 Å². The van der Waals surface area contributed by atoms with Gasteiger partial charge in [0.25, 0.3) is 0 Å². The molecule has 4 nitrogen and oxygen atoms in total. The minimum absolute atomic E-state index is 0. The third-order valence-electron chi connectivity index (χ3n) is 0.325. The quantitative estimate of drug-likeness (QED) is 0.352. The van der Waals surface area contributed by atoms with Crippen LogP contribution in [0.15, 0.2) is 0 Å². The molecule has 0 aromatic carbocycles.